The number of nitrogens with one attached hydrogen (secondary N) is 1. The van der Waals surface area contributed by atoms with Gasteiger partial charge in [-0.15, -0.1) is 0 Å². The summed E-state index contributed by atoms with van der Waals surface area (Å²) in [7, 11) is 0. The van der Waals surface area contributed by atoms with Crippen LogP contribution in [0.4, 0.5) is 0 Å². The summed E-state index contributed by atoms with van der Waals surface area (Å²) in [5.74, 6) is 0. The van der Waals surface area contributed by atoms with E-state index in [1.54, 1.807) is 18.5 Å². The Labute approximate surface area is 66.1 Å². The summed E-state index contributed by atoms with van der Waals surface area (Å²) in [5.41, 5.74) is 2.13. The van der Waals surface area contributed by atoms with Gasteiger partial charge >= 0.3 is 0 Å². The molecule has 56 valence electrons. The van der Waals surface area contributed by atoms with E-state index in [2.05, 4.69) is 4.98 Å². The van der Waals surface area contributed by atoms with Crippen LogP contribution in [0, 0.1) is 5.41 Å². The Balaban J connectivity index is 2.94. The van der Waals surface area contributed by atoms with Gasteiger partial charge in [0.25, 0.3) is 0 Å². The van der Waals surface area contributed by atoms with Crippen LogP contribution in [-0.2, 0) is 0 Å². The molecule has 0 aromatic carbocycles. The molecule has 0 amide bonds. The lowest BCUT2D eigenvalue weighted by molar-refractivity contribution is 1.30. The number of aromatic nitrogens is 1. The lowest BCUT2D eigenvalue weighted by Gasteiger charge is -1.96. The molecule has 0 aliphatic rings. The van der Waals surface area contributed by atoms with Crippen LogP contribution in [0.2, 0.25) is 0 Å². The number of hydrogen-bond donors (Lipinski definition) is 1. The third-order valence-electron chi connectivity index (χ3n) is 1.45. The topological polar surface area (TPSA) is 36.7 Å². The van der Waals surface area contributed by atoms with Crippen molar-refractivity contribution in [1.29, 1.82) is 5.41 Å². The van der Waals surface area contributed by atoms with Gasteiger partial charge in [-0.3, -0.25) is 4.98 Å². The van der Waals surface area contributed by atoms with Crippen molar-refractivity contribution in [3.63, 3.8) is 0 Å². The normalized spacial score (nSPS) is 11.2. The molecule has 0 saturated heterocycles. The molecule has 0 fully saturated rings. The Bertz CT molecular complexity index is 262. The zero-order valence-corrected chi connectivity index (χ0v) is 6.41. The van der Waals surface area contributed by atoms with E-state index in [0.29, 0.717) is 0 Å². The maximum absolute atomic E-state index is 6.86. The van der Waals surface area contributed by atoms with E-state index >= 15 is 0 Å². The number of allylic oxidation sites excluding steroid dienone is 2. The average Bonchev–Trinajstić information content (AvgIpc) is 2.07. The fourth-order valence-electron chi connectivity index (χ4n) is 0.817. The highest BCUT2D eigenvalue weighted by Gasteiger charge is 1.90. The Morgan fingerprint density at radius 1 is 1.64 bits per heavy atom. The molecule has 0 aliphatic carbocycles. The van der Waals surface area contributed by atoms with Crippen LogP contribution in [0.5, 0.6) is 0 Å². The lowest BCUT2D eigenvalue weighted by atomic mass is 10.1. The molecule has 0 unspecified atom stereocenters. The van der Waals surface area contributed by atoms with Gasteiger partial charge in [-0.25, -0.2) is 0 Å². The summed E-state index contributed by atoms with van der Waals surface area (Å²) in [6, 6.07) is 3.86. The summed E-state index contributed by atoms with van der Waals surface area (Å²) < 4.78 is 0. The number of pyridine rings is 1. The Hall–Kier alpha value is -1.44. The minimum atomic E-state index is 1.06. The monoisotopic (exact) mass is 146 g/mol. The first-order chi connectivity index (χ1) is 5.34. The van der Waals surface area contributed by atoms with Gasteiger partial charge < -0.3 is 5.41 Å². The lowest BCUT2D eigenvalue weighted by Crippen LogP contribution is -1.80. The van der Waals surface area contributed by atoms with E-state index in [1.165, 1.54) is 6.21 Å². The third kappa shape index (κ3) is 2.00. The Morgan fingerprint density at radius 3 is 3.00 bits per heavy atom. The fraction of sp³-hybridized carbons (Fsp3) is 0.111. The van der Waals surface area contributed by atoms with Crippen molar-refractivity contribution >= 4 is 11.8 Å². The van der Waals surface area contributed by atoms with Crippen molar-refractivity contribution in [3.05, 3.63) is 36.2 Å². The van der Waals surface area contributed by atoms with Crippen LogP contribution >= 0.6 is 0 Å². The van der Waals surface area contributed by atoms with Gasteiger partial charge in [0.05, 0.1) is 0 Å². The molecular formula is C9H10N2. The van der Waals surface area contributed by atoms with E-state index in [0.717, 1.165) is 11.1 Å². The zero-order chi connectivity index (χ0) is 8.10. The average molecular weight is 146 g/mol. The molecule has 1 heterocycles. The zero-order valence-electron chi connectivity index (χ0n) is 6.41. The van der Waals surface area contributed by atoms with Crippen LogP contribution in [0.25, 0.3) is 5.57 Å². The van der Waals surface area contributed by atoms with Crippen LogP contribution in [-0.4, -0.2) is 11.2 Å². The van der Waals surface area contributed by atoms with Gasteiger partial charge in [0.1, 0.15) is 0 Å². The van der Waals surface area contributed by atoms with E-state index in [4.69, 9.17) is 5.41 Å². The van der Waals surface area contributed by atoms with Crippen molar-refractivity contribution in [2.45, 2.75) is 6.92 Å². The standard InChI is InChI=1S/C9H10N2/c1-8(4-5-10)9-3-2-6-11-7-9/h2-7,10H,1H3/b8-4+,10-5?. The van der Waals surface area contributed by atoms with Crippen LogP contribution in [0.3, 0.4) is 0 Å². The molecule has 0 radical (unpaired) electrons. The van der Waals surface area contributed by atoms with Crippen molar-refractivity contribution in [2.24, 2.45) is 0 Å². The highest BCUT2D eigenvalue weighted by atomic mass is 14.6. The number of hydrogen-bond acceptors (Lipinski definition) is 2. The second kappa shape index (κ2) is 3.66. The fourth-order valence-corrected chi connectivity index (χ4v) is 0.817. The molecule has 0 atom stereocenters. The third-order valence-corrected chi connectivity index (χ3v) is 1.45. The molecule has 11 heavy (non-hydrogen) atoms. The quantitative estimate of drug-likeness (QED) is 0.637. The largest absolute Gasteiger partial charge is 0.309 e. The number of rotatable bonds is 2. The van der Waals surface area contributed by atoms with Gasteiger partial charge in [-0.2, -0.15) is 0 Å². The molecule has 0 aliphatic heterocycles. The van der Waals surface area contributed by atoms with Crippen LogP contribution in [0.1, 0.15) is 12.5 Å². The Morgan fingerprint density at radius 2 is 2.45 bits per heavy atom. The highest BCUT2D eigenvalue weighted by Crippen LogP contribution is 2.09. The van der Waals surface area contributed by atoms with Gasteiger partial charge in [0, 0.05) is 18.6 Å². The van der Waals surface area contributed by atoms with E-state index in [1.807, 2.05) is 19.1 Å². The summed E-state index contributed by atoms with van der Waals surface area (Å²) in [6.45, 7) is 1.96. The summed E-state index contributed by atoms with van der Waals surface area (Å²) in [6.07, 6.45) is 6.55. The first-order valence-corrected chi connectivity index (χ1v) is 3.42. The number of nitrogens with zero attached hydrogens (tertiary/aromatic N) is 1. The molecule has 1 aromatic heterocycles. The van der Waals surface area contributed by atoms with Gasteiger partial charge in [0.2, 0.25) is 0 Å². The van der Waals surface area contributed by atoms with Crippen LogP contribution in [0.15, 0.2) is 30.6 Å². The first kappa shape index (κ1) is 7.66. The molecule has 0 bridgehead atoms. The highest BCUT2D eigenvalue weighted by molar-refractivity contribution is 5.81. The molecular weight excluding hydrogens is 136 g/mol. The molecule has 2 heteroatoms. The van der Waals surface area contributed by atoms with Gasteiger partial charge in [0.15, 0.2) is 0 Å². The maximum Gasteiger partial charge on any atom is 0.0342 e. The van der Waals surface area contributed by atoms with E-state index in [-0.39, 0.29) is 0 Å². The maximum atomic E-state index is 6.86. The minimum absolute atomic E-state index is 1.06. The molecule has 1 rings (SSSR count). The predicted octanol–water partition coefficient (Wildman–Crippen LogP) is 2.13. The predicted molar refractivity (Wildman–Crippen MR) is 46.7 cm³/mol. The van der Waals surface area contributed by atoms with Gasteiger partial charge in [-0.05, 0) is 30.2 Å². The summed E-state index contributed by atoms with van der Waals surface area (Å²) in [4.78, 5) is 3.97. The summed E-state index contributed by atoms with van der Waals surface area (Å²) >= 11 is 0. The van der Waals surface area contributed by atoms with Crippen molar-refractivity contribution in [3.8, 4) is 0 Å². The molecule has 1 N–H and O–H groups in total. The van der Waals surface area contributed by atoms with Crippen molar-refractivity contribution in [1.82, 2.24) is 4.98 Å². The molecule has 0 spiro atoms. The van der Waals surface area contributed by atoms with Crippen molar-refractivity contribution in [2.75, 3.05) is 0 Å². The Kier molecular flexibility index (Phi) is 2.55. The second-order valence-corrected chi connectivity index (χ2v) is 2.26. The van der Waals surface area contributed by atoms with E-state index < -0.39 is 0 Å². The summed E-state index contributed by atoms with van der Waals surface area (Å²) in [5, 5.41) is 6.86. The SMILES string of the molecule is C/C(=C\C=N)c1cccnc1. The van der Waals surface area contributed by atoms with Crippen LogP contribution < -0.4 is 0 Å². The molecule has 1 aromatic rings. The van der Waals surface area contributed by atoms with Crippen molar-refractivity contribution < 1.29 is 0 Å². The smallest absolute Gasteiger partial charge is 0.0342 e. The molecule has 0 saturated carbocycles. The molecule has 2 nitrogen and oxygen atoms in total. The van der Waals surface area contributed by atoms with E-state index in [9.17, 15) is 0 Å². The second-order valence-electron chi connectivity index (χ2n) is 2.26. The minimum Gasteiger partial charge on any atom is -0.309 e. The first-order valence-electron chi connectivity index (χ1n) is 3.42. The van der Waals surface area contributed by atoms with Gasteiger partial charge in [-0.1, -0.05) is 6.07 Å².